The first-order chi connectivity index (χ1) is 12.5. The van der Waals surface area contributed by atoms with E-state index in [-0.39, 0.29) is 10.6 Å². The third-order valence-electron chi connectivity index (χ3n) is 4.38. The Morgan fingerprint density at radius 1 is 0.654 bits per heavy atom. The van der Waals surface area contributed by atoms with E-state index in [0.717, 1.165) is 63.5 Å². The Kier molecular flexibility index (Phi) is 8.10. The highest BCUT2D eigenvalue weighted by Gasteiger charge is 2.21. The second kappa shape index (κ2) is 10.1. The number of hydrogen-bond acceptors (Lipinski definition) is 6. The lowest BCUT2D eigenvalue weighted by Gasteiger charge is -2.25. The minimum Gasteiger partial charge on any atom is -0.355 e. The maximum atomic E-state index is 6.27. The van der Waals surface area contributed by atoms with E-state index in [0.29, 0.717) is 11.0 Å². The summed E-state index contributed by atoms with van der Waals surface area (Å²) in [5.41, 5.74) is 1.33. The molecule has 2 heterocycles. The van der Waals surface area contributed by atoms with Crippen LogP contribution in [0.15, 0.2) is 0 Å². The first-order valence-corrected chi connectivity index (χ1v) is 10.2. The van der Waals surface area contributed by atoms with Crippen LogP contribution in [-0.4, -0.2) is 46.1 Å². The topological polar surface area (TPSA) is 58.0 Å². The summed E-state index contributed by atoms with van der Waals surface area (Å²) in [7, 11) is 0. The summed E-state index contributed by atoms with van der Waals surface area (Å²) >= 11 is 12.5. The molecular formula is C18H28Cl2N6. The Balaban J connectivity index is 2.62. The second-order valence-electron chi connectivity index (χ2n) is 6.20. The molecule has 0 bridgehead atoms. The molecule has 0 unspecified atom stereocenters. The Bertz CT molecular complexity index is 663. The molecule has 0 aliphatic heterocycles. The van der Waals surface area contributed by atoms with Gasteiger partial charge in [0.1, 0.15) is 11.0 Å². The normalized spacial score (nSPS) is 11.2. The average molecular weight is 399 g/mol. The molecule has 8 heteroatoms. The lowest BCUT2D eigenvalue weighted by molar-refractivity contribution is 0.721. The standard InChI is InChI=1S/C18H28Cl2N6/c1-5-9-11-25(7-3)15-13-14(22-17(19)23-15)16(24-18(20)21-13)26(8-4)12-10-6-2/h5-12H2,1-4H3. The van der Waals surface area contributed by atoms with Crippen molar-refractivity contribution < 1.29 is 0 Å². The van der Waals surface area contributed by atoms with Gasteiger partial charge >= 0.3 is 0 Å². The smallest absolute Gasteiger partial charge is 0.225 e. The van der Waals surface area contributed by atoms with E-state index in [1.807, 2.05) is 0 Å². The van der Waals surface area contributed by atoms with E-state index >= 15 is 0 Å². The van der Waals surface area contributed by atoms with Crippen LogP contribution in [0.2, 0.25) is 10.6 Å². The summed E-state index contributed by atoms with van der Waals surface area (Å²) in [5.74, 6) is 1.46. The van der Waals surface area contributed by atoms with Crippen LogP contribution >= 0.6 is 23.2 Å². The summed E-state index contributed by atoms with van der Waals surface area (Å²) < 4.78 is 0. The summed E-state index contributed by atoms with van der Waals surface area (Å²) in [4.78, 5) is 22.2. The van der Waals surface area contributed by atoms with Gasteiger partial charge in [-0.2, -0.15) is 9.97 Å². The highest BCUT2D eigenvalue weighted by atomic mass is 35.5. The van der Waals surface area contributed by atoms with Gasteiger partial charge < -0.3 is 9.80 Å². The monoisotopic (exact) mass is 398 g/mol. The van der Waals surface area contributed by atoms with E-state index < -0.39 is 0 Å². The highest BCUT2D eigenvalue weighted by Crippen LogP contribution is 2.31. The average Bonchev–Trinajstić information content (AvgIpc) is 2.63. The van der Waals surface area contributed by atoms with Gasteiger partial charge in [-0.25, -0.2) is 9.97 Å². The lowest BCUT2D eigenvalue weighted by atomic mass is 10.2. The molecule has 2 rings (SSSR count). The van der Waals surface area contributed by atoms with Gasteiger partial charge in [-0.1, -0.05) is 26.7 Å². The van der Waals surface area contributed by atoms with E-state index in [1.165, 1.54) is 0 Å². The van der Waals surface area contributed by atoms with Crippen LogP contribution in [-0.2, 0) is 0 Å². The van der Waals surface area contributed by atoms with Gasteiger partial charge in [0, 0.05) is 26.2 Å². The minimum absolute atomic E-state index is 0.209. The van der Waals surface area contributed by atoms with Gasteiger partial charge in [0.2, 0.25) is 10.6 Å². The van der Waals surface area contributed by atoms with Gasteiger partial charge in [0.15, 0.2) is 11.6 Å². The summed E-state index contributed by atoms with van der Waals surface area (Å²) in [5, 5.41) is 0.419. The van der Waals surface area contributed by atoms with Crippen LogP contribution in [0.25, 0.3) is 11.0 Å². The van der Waals surface area contributed by atoms with Crippen LogP contribution in [0.1, 0.15) is 53.4 Å². The first kappa shape index (κ1) is 20.9. The number of aromatic nitrogens is 4. The highest BCUT2D eigenvalue weighted by molar-refractivity contribution is 6.30. The van der Waals surface area contributed by atoms with Crippen molar-refractivity contribution in [2.75, 3.05) is 36.0 Å². The molecular weight excluding hydrogens is 371 g/mol. The third kappa shape index (κ3) is 4.86. The van der Waals surface area contributed by atoms with Crippen molar-refractivity contribution >= 4 is 45.9 Å². The van der Waals surface area contributed by atoms with Gasteiger partial charge in [-0.05, 0) is 49.9 Å². The maximum absolute atomic E-state index is 6.27. The van der Waals surface area contributed by atoms with Crippen molar-refractivity contribution in [1.82, 2.24) is 19.9 Å². The molecule has 0 amide bonds. The van der Waals surface area contributed by atoms with Crippen LogP contribution < -0.4 is 9.80 Å². The molecule has 26 heavy (non-hydrogen) atoms. The molecule has 0 aliphatic carbocycles. The minimum atomic E-state index is 0.209. The van der Waals surface area contributed by atoms with Crippen LogP contribution in [0, 0.1) is 0 Å². The van der Waals surface area contributed by atoms with Crippen molar-refractivity contribution in [1.29, 1.82) is 0 Å². The Hall–Kier alpha value is -1.40. The lowest BCUT2D eigenvalue weighted by Crippen LogP contribution is -2.27. The maximum Gasteiger partial charge on any atom is 0.225 e. The van der Waals surface area contributed by atoms with Crippen molar-refractivity contribution in [3.8, 4) is 0 Å². The number of unbranched alkanes of at least 4 members (excludes halogenated alkanes) is 2. The van der Waals surface area contributed by atoms with Gasteiger partial charge in [0.25, 0.3) is 0 Å². The fraction of sp³-hybridized carbons (Fsp3) is 0.667. The van der Waals surface area contributed by atoms with Gasteiger partial charge in [-0.3, -0.25) is 0 Å². The molecule has 0 spiro atoms. The molecule has 6 nitrogen and oxygen atoms in total. The Morgan fingerprint density at radius 3 is 1.35 bits per heavy atom. The number of nitrogens with zero attached hydrogens (tertiary/aromatic N) is 6. The fourth-order valence-corrected chi connectivity index (χ4v) is 3.23. The van der Waals surface area contributed by atoms with Crippen LogP contribution in [0.5, 0.6) is 0 Å². The molecule has 0 fully saturated rings. The molecule has 2 aromatic rings. The molecule has 0 N–H and O–H groups in total. The molecule has 0 radical (unpaired) electrons. The molecule has 0 atom stereocenters. The van der Waals surface area contributed by atoms with Crippen LogP contribution in [0.4, 0.5) is 11.6 Å². The molecule has 144 valence electrons. The number of hydrogen-bond donors (Lipinski definition) is 0. The number of halogens is 2. The van der Waals surface area contributed by atoms with E-state index in [4.69, 9.17) is 23.2 Å². The zero-order valence-electron chi connectivity index (χ0n) is 16.1. The van der Waals surface area contributed by atoms with Gasteiger partial charge in [0.05, 0.1) is 0 Å². The van der Waals surface area contributed by atoms with E-state index in [9.17, 15) is 0 Å². The Labute approximate surface area is 165 Å². The summed E-state index contributed by atoms with van der Waals surface area (Å²) in [6, 6.07) is 0. The second-order valence-corrected chi connectivity index (χ2v) is 6.87. The van der Waals surface area contributed by atoms with Crippen LogP contribution in [0.3, 0.4) is 0 Å². The quantitative estimate of drug-likeness (QED) is 0.525. The SMILES string of the molecule is CCCCN(CC)c1nc(Cl)nc2c(N(CC)CCCC)nc(Cl)nc12. The molecule has 0 saturated heterocycles. The van der Waals surface area contributed by atoms with Crippen molar-refractivity contribution in [2.45, 2.75) is 53.4 Å². The number of fused-ring (bicyclic) bond motifs is 1. The number of rotatable bonds is 10. The number of anilines is 2. The predicted molar refractivity (Wildman–Crippen MR) is 111 cm³/mol. The molecule has 0 aliphatic rings. The summed E-state index contributed by atoms with van der Waals surface area (Å²) in [6.07, 6.45) is 4.35. The zero-order chi connectivity index (χ0) is 19.1. The van der Waals surface area contributed by atoms with Gasteiger partial charge in [-0.15, -0.1) is 0 Å². The van der Waals surface area contributed by atoms with Crippen molar-refractivity contribution in [3.63, 3.8) is 0 Å². The molecule has 2 aromatic heterocycles. The third-order valence-corrected chi connectivity index (χ3v) is 4.72. The predicted octanol–water partition coefficient (Wildman–Crippen LogP) is 4.98. The molecule has 0 aromatic carbocycles. The van der Waals surface area contributed by atoms with E-state index in [1.54, 1.807) is 0 Å². The fourth-order valence-electron chi connectivity index (χ4n) is 2.90. The van der Waals surface area contributed by atoms with E-state index in [2.05, 4.69) is 57.4 Å². The zero-order valence-corrected chi connectivity index (χ0v) is 17.6. The Morgan fingerprint density at radius 2 is 1.04 bits per heavy atom. The molecule has 0 saturated carbocycles. The largest absolute Gasteiger partial charge is 0.355 e. The first-order valence-electron chi connectivity index (χ1n) is 9.46. The summed E-state index contributed by atoms with van der Waals surface area (Å²) in [6.45, 7) is 11.9. The van der Waals surface area contributed by atoms with Crippen molar-refractivity contribution in [3.05, 3.63) is 10.6 Å². The van der Waals surface area contributed by atoms with Crippen molar-refractivity contribution in [2.24, 2.45) is 0 Å².